The number of rotatable bonds is 8. The summed E-state index contributed by atoms with van der Waals surface area (Å²) in [4.78, 5) is 18.5. The van der Waals surface area contributed by atoms with Crippen molar-refractivity contribution in [3.05, 3.63) is 18.0 Å². The Hall–Kier alpha value is -1.61. The van der Waals surface area contributed by atoms with Crippen LogP contribution in [-0.4, -0.2) is 42.1 Å². The predicted octanol–water partition coefficient (Wildman–Crippen LogP) is 1.44. The largest absolute Gasteiger partial charge is 0.433 e. The summed E-state index contributed by atoms with van der Waals surface area (Å²) >= 11 is 0. The molecule has 1 saturated carbocycles. The van der Waals surface area contributed by atoms with Gasteiger partial charge in [-0.05, 0) is 31.4 Å². The number of hydrogen-bond donors (Lipinski definition) is 3. The smallest absolute Gasteiger partial charge is 0.353 e. The lowest BCUT2D eigenvalue weighted by molar-refractivity contribution is -0.141. The van der Waals surface area contributed by atoms with Gasteiger partial charge in [-0.2, -0.15) is 13.2 Å². The van der Waals surface area contributed by atoms with Crippen LogP contribution < -0.4 is 16.0 Å². The Balaban J connectivity index is 0.00000264. The van der Waals surface area contributed by atoms with Crippen LogP contribution in [0.3, 0.4) is 0 Å². The van der Waals surface area contributed by atoms with Crippen molar-refractivity contribution in [3.63, 3.8) is 0 Å². The van der Waals surface area contributed by atoms with Gasteiger partial charge < -0.3 is 16.0 Å². The second kappa shape index (κ2) is 8.88. The van der Waals surface area contributed by atoms with Gasteiger partial charge >= 0.3 is 6.18 Å². The van der Waals surface area contributed by atoms with Crippen LogP contribution in [0.25, 0.3) is 0 Å². The van der Waals surface area contributed by atoms with E-state index in [1.807, 2.05) is 0 Å². The topological polar surface area (TPSA) is 78.9 Å². The van der Waals surface area contributed by atoms with Gasteiger partial charge in [0, 0.05) is 19.3 Å². The molecule has 0 unspecified atom stereocenters. The molecule has 0 aromatic carbocycles. The maximum absolute atomic E-state index is 12.5. The first kappa shape index (κ1) is 19.4. The first-order valence-corrected chi connectivity index (χ1v) is 7.06. The summed E-state index contributed by atoms with van der Waals surface area (Å²) in [5.74, 6) is 0.441. The first-order valence-electron chi connectivity index (χ1n) is 7.06. The van der Waals surface area contributed by atoms with Gasteiger partial charge in [0.05, 0.1) is 6.54 Å². The number of hydrogen-bond acceptors (Lipinski definition) is 5. The molecule has 1 heterocycles. The van der Waals surface area contributed by atoms with Crippen LogP contribution >= 0.6 is 12.4 Å². The van der Waals surface area contributed by atoms with E-state index < -0.39 is 11.9 Å². The standard InChI is InChI=1S/C13H18F3N5O.ClH/c14-13(15,16)10-3-4-19-12(21-10)20-6-5-18-11(22)8-17-7-9-1-2-9;/h3-4,9,17H,1-2,5-8H2,(H,18,22)(H,19,20,21);1H. The van der Waals surface area contributed by atoms with E-state index in [1.54, 1.807) is 0 Å². The lowest BCUT2D eigenvalue weighted by Crippen LogP contribution is -2.37. The third-order valence-corrected chi connectivity index (χ3v) is 3.09. The molecule has 0 bridgehead atoms. The van der Waals surface area contributed by atoms with Crippen molar-refractivity contribution in [3.8, 4) is 0 Å². The fourth-order valence-electron chi connectivity index (χ4n) is 1.75. The molecular weight excluding hydrogens is 335 g/mol. The van der Waals surface area contributed by atoms with E-state index in [0.29, 0.717) is 5.92 Å². The number of alkyl halides is 3. The highest BCUT2D eigenvalue weighted by molar-refractivity contribution is 5.85. The van der Waals surface area contributed by atoms with Crippen molar-refractivity contribution in [2.75, 3.05) is 31.5 Å². The number of amides is 1. The van der Waals surface area contributed by atoms with Crippen LogP contribution in [0.5, 0.6) is 0 Å². The van der Waals surface area contributed by atoms with Gasteiger partial charge in [-0.1, -0.05) is 0 Å². The normalized spacial score (nSPS) is 14.0. The molecule has 3 N–H and O–H groups in total. The second-order valence-electron chi connectivity index (χ2n) is 5.11. The van der Waals surface area contributed by atoms with Crippen LogP contribution in [0.15, 0.2) is 12.3 Å². The zero-order valence-corrected chi connectivity index (χ0v) is 13.1. The Morgan fingerprint density at radius 2 is 2.04 bits per heavy atom. The van der Waals surface area contributed by atoms with Crippen LogP contribution in [0.2, 0.25) is 0 Å². The molecule has 2 rings (SSSR count). The van der Waals surface area contributed by atoms with E-state index in [4.69, 9.17) is 0 Å². The number of nitrogens with zero attached hydrogens (tertiary/aromatic N) is 2. The number of halogens is 4. The number of aromatic nitrogens is 2. The first-order chi connectivity index (χ1) is 10.4. The zero-order chi connectivity index (χ0) is 16.0. The van der Waals surface area contributed by atoms with Crippen LogP contribution in [0.4, 0.5) is 19.1 Å². The molecule has 1 amide bonds. The monoisotopic (exact) mass is 353 g/mol. The fourth-order valence-corrected chi connectivity index (χ4v) is 1.75. The van der Waals surface area contributed by atoms with Gasteiger partial charge in [0.15, 0.2) is 0 Å². The van der Waals surface area contributed by atoms with Crippen LogP contribution in [0.1, 0.15) is 18.5 Å². The Morgan fingerprint density at radius 1 is 1.30 bits per heavy atom. The average molecular weight is 354 g/mol. The van der Waals surface area contributed by atoms with Gasteiger partial charge in [0.25, 0.3) is 0 Å². The molecule has 6 nitrogen and oxygen atoms in total. The summed E-state index contributed by atoms with van der Waals surface area (Å²) in [5, 5.41) is 8.34. The van der Waals surface area contributed by atoms with Gasteiger partial charge in [-0.3, -0.25) is 4.79 Å². The lowest BCUT2D eigenvalue weighted by atomic mass is 10.4. The van der Waals surface area contributed by atoms with E-state index in [0.717, 1.165) is 18.8 Å². The number of anilines is 1. The molecule has 1 fully saturated rings. The van der Waals surface area contributed by atoms with Crippen molar-refractivity contribution in [2.45, 2.75) is 19.0 Å². The molecule has 1 aliphatic carbocycles. The van der Waals surface area contributed by atoms with E-state index in [2.05, 4.69) is 25.9 Å². The molecule has 1 aromatic heterocycles. The molecule has 23 heavy (non-hydrogen) atoms. The average Bonchev–Trinajstić information content (AvgIpc) is 3.27. The maximum atomic E-state index is 12.5. The molecule has 1 aromatic rings. The van der Waals surface area contributed by atoms with Gasteiger partial charge in [0.1, 0.15) is 5.69 Å². The van der Waals surface area contributed by atoms with E-state index >= 15 is 0 Å². The van der Waals surface area contributed by atoms with Crippen molar-refractivity contribution in [1.29, 1.82) is 0 Å². The van der Waals surface area contributed by atoms with E-state index in [1.165, 1.54) is 12.8 Å². The highest BCUT2D eigenvalue weighted by Gasteiger charge is 2.32. The molecule has 0 saturated heterocycles. The Bertz CT molecular complexity index is 511. The number of carbonyl (C=O) groups excluding carboxylic acids is 1. The minimum absolute atomic E-state index is 0. The highest BCUT2D eigenvalue weighted by atomic mass is 35.5. The Labute approximate surface area is 138 Å². The van der Waals surface area contributed by atoms with Crippen molar-refractivity contribution < 1.29 is 18.0 Å². The van der Waals surface area contributed by atoms with Gasteiger partial charge in [-0.15, -0.1) is 12.4 Å². The maximum Gasteiger partial charge on any atom is 0.433 e. The highest BCUT2D eigenvalue weighted by Crippen LogP contribution is 2.27. The quantitative estimate of drug-likeness (QED) is 0.616. The summed E-state index contributed by atoms with van der Waals surface area (Å²) in [7, 11) is 0. The molecule has 0 atom stereocenters. The lowest BCUT2D eigenvalue weighted by Gasteiger charge is -2.09. The molecule has 130 valence electrons. The second-order valence-corrected chi connectivity index (χ2v) is 5.11. The number of nitrogens with one attached hydrogen (secondary N) is 3. The third-order valence-electron chi connectivity index (χ3n) is 3.09. The van der Waals surface area contributed by atoms with Gasteiger partial charge in [0.2, 0.25) is 11.9 Å². The summed E-state index contributed by atoms with van der Waals surface area (Å²) in [6, 6.07) is 0.804. The Kier molecular flexibility index (Phi) is 7.50. The van der Waals surface area contributed by atoms with Crippen molar-refractivity contribution in [1.82, 2.24) is 20.6 Å². The predicted molar refractivity (Wildman–Crippen MR) is 81.4 cm³/mol. The molecular formula is C13H19ClF3N5O. The van der Waals surface area contributed by atoms with Crippen molar-refractivity contribution in [2.24, 2.45) is 5.92 Å². The molecule has 1 aliphatic rings. The van der Waals surface area contributed by atoms with E-state index in [-0.39, 0.29) is 43.9 Å². The zero-order valence-electron chi connectivity index (χ0n) is 12.3. The van der Waals surface area contributed by atoms with Gasteiger partial charge in [-0.25, -0.2) is 9.97 Å². The summed E-state index contributed by atoms with van der Waals surface area (Å²) in [6.45, 7) is 1.62. The molecule has 0 spiro atoms. The third kappa shape index (κ3) is 7.47. The van der Waals surface area contributed by atoms with Crippen LogP contribution in [0, 0.1) is 5.92 Å². The molecule has 0 aliphatic heterocycles. The molecule has 10 heteroatoms. The minimum atomic E-state index is -4.50. The number of carbonyl (C=O) groups is 1. The summed E-state index contributed by atoms with van der Waals surface area (Å²) < 4.78 is 37.4. The SMILES string of the molecule is Cl.O=C(CNCC1CC1)NCCNc1nccc(C(F)(F)F)n1. The Morgan fingerprint density at radius 3 is 2.70 bits per heavy atom. The summed E-state index contributed by atoms with van der Waals surface area (Å²) in [6.07, 6.45) is -1.02. The summed E-state index contributed by atoms with van der Waals surface area (Å²) in [5.41, 5.74) is -1.00. The van der Waals surface area contributed by atoms with Crippen LogP contribution in [-0.2, 0) is 11.0 Å². The van der Waals surface area contributed by atoms with Crippen molar-refractivity contribution >= 4 is 24.3 Å². The fraction of sp³-hybridized carbons (Fsp3) is 0.615. The molecule has 0 radical (unpaired) electrons. The van der Waals surface area contributed by atoms with E-state index in [9.17, 15) is 18.0 Å². The minimum Gasteiger partial charge on any atom is -0.353 e.